The highest BCUT2D eigenvalue weighted by Crippen LogP contribution is 2.26. The second-order valence-corrected chi connectivity index (χ2v) is 3.97. The van der Waals surface area contributed by atoms with Gasteiger partial charge in [0.15, 0.2) is 0 Å². The fourth-order valence-corrected chi connectivity index (χ4v) is 2.27. The predicted molar refractivity (Wildman–Crippen MR) is 54.4 cm³/mol. The van der Waals surface area contributed by atoms with Gasteiger partial charge in [0.05, 0.1) is 0 Å². The maximum Gasteiger partial charge on any atom is 0.223 e. The zero-order valence-electron chi connectivity index (χ0n) is 8.81. The standard InChI is InChI=1S/C11H21NO/c1-3-9(4-2)10-7-5-6-8-12-11(10)13/h9-10H,3-8H2,1-2H3,(H,12,13). The summed E-state index contributed by atoms with van der Waals surface area (Å²) in [6, 6.07) is 0. The molecule has 2 heteroatoms. The van der Waals surface area contributed by atoms with Gasteiger partial charge in [0, 0.05) is 12.5 Å². The Bertz CT molecular complexity index is 163. The molecule has 76 valence electrons. The molecule has 1 heterocycles. The van der Waals surface area contributed by atoms with Crippen molar-refractivity contribution in [2.75, 3.05) is 6.54 Å². The Morgan fingerprint density at radius 3 is 2.69 bits per heavy atom. The van der Waals surface area contributed by atoms with E-state index >= 15 is 0 Å². The fraction of sp³-hybridized carbons (Fsp3) is 0.909. The molecular formula is C11H21NO. The molecule has 1 aliphatic heterocycles. The van der Waals surface area contributed by atoms with Crippen LogP contribution in [0.3, 0.4) is 0 Å². The smallest absolute Gasteiger partial charge is 0.223 e. The van der Waals surface area contributed by atoms with Crippen LogP contribution in [-0.4, -0.2) is 12.5 Å². The minimum absolute atomic E-state index is 0.289. The summed E-state index contributed by atoms with van der Waals surface area (Å²) in [5, 5.41) is 3.00. The van der Waals surface area contributed by atoms with Crippen molar-refractivity contribution in [2.45, 2.75) is 46.0 Å². The summed E-state index contributed by atoms with van der Waals surface area (Å²) in [5.74, 6) is 1.18. The Morgan fingerprint density at radius 1 is 1.38 bits per heavy atom. The largest absolute Gasteiger partial charge is 0.356 e. The van der Waals surface area contributed by atoms with Gasteiger partial charge in [0.25, 0.3) is 0 Å². The minimum atomic E-state index is 0.289. The molecule has 1 fully saturated rings. The summed E-state index contributed by atoms with van der Waals surface area (Å²) in [6.45, 7) is 5.26. The van der Waals surface area contributed by atoms with E-state index in [0.717, 1.165) is 32.2 Å². The lowest BCUT2D eigenvalue weighted by atomic mass is 9.84. The Kier molecular flexibility index (Phi) is 4.26. The molecule has 13 heavy (non-hydrogen) atoms. The second kappa shape index (κ2) is 5.25. The molecule has 1 N–H and O–H groups in total. The third-order valence-corrected chi connectivity index (χ3v) is 3.20. The predicted octanol–water partition coefficient (Wildman–Crippen LogP) is 2.34. The van der Waals surface area contributed by atoms with Gasteiger partial charge >= 0.3 is 0 Å². The molecule has 0 aromatic carbocycles. The molecule has 1 atom stereocenters. The molecule has 1 saturated heterocycles. The van der Waals surface area contributed by atoms with Crippen LogP contribution in [0.4, 0.5) is 0 Å². The van der Waals surface area contributed by atoms with Gasteiger partial charge in [-0.1, -0.05) is 33.1 Å². The monoisotopic (exact) mass is 183 g/mol. The van der Waals surface area contributed by atoms with Crippen LogP contribution in [0.25, 0.3) is 0 Å². The topological polar surface area (TPSA) is 29.1 Å². The lowest BCUT2D eigenvalue weighted by Gasteiger charge is -2.21. The van der Waals surface area contributed by atoms with Crippen molar-refractivity contribution >= 4 is 5.91 Å². The van der Waals surface area contributed by atoms with Gasteiger partial charge in [-0.3, -0.25) is 4.79 Å². The highest BCUT2D eigenvalue weighted by molar-refractivity contribution is 5.79. The average molecular weight is 183 g/mol. The summed E-state index contributed by atoms with van der Waals surface area (Å²) < 4.78 is 0. The molecule has 0 saturated carbocycles. The normalized spacial score (nSPS) is 24.2. The maximum atomic E-state index is 11.7. The molecule has 2 nitrogen and oxygen atoms in total. The van der Waals surface area contributed by atoms with Gasteiger partial charge in [-0.15, -0.1) is 0 Å². The first kappa shape index (κ1) is 10.6. The van der Waals surface area contributed by atoms with Gasteiger partial charge in [-0.25, -0.2) is 0 Å². The number of carbonyl (C=O) groups is 1. The molecule has 0 aromatic rings. The number of amides is 1. The Balaban J connectivity index is 2.57. The van der Waals surface area contributed by atoms with E-state index in [0.29, 0.717) is 11.8 Å². The quantitative estimate of drug-likeness (QED) is 0.715. The van der Waals surface area contributed by atoms with Crippen LogP contribution in [0.15, 0.2) is 0 Å². The first-order chi connectivity index (χ1) is 6.29. The molecule has 0 aliphatic carbocycles. The average Bonchev–Trinajstić information content (AvgIpc) is 2.34. The molecule has 0 spiro atoms. The molecule has 1 aliphatic rings. The van der Waals surface area contributed by atoms with E-state index in [1.807, 2.05) is 0 Å². The van der Waals surface area contributed by atoms with E-state index in [2.05, 4.69) is 19.2 Å². The summed E-state index contributed by atoms with van der Waals surface area (Å²) in [4.78, 5) is 11.7. The molecule has 1 amide bonds. The zero-order valence-corrected chi connectivity index (χ0v) is 8.81. The van der Waals surface area contributed by atoms with Crippen LogP contribution in [0, 0.1) is 11.8 Å². The van der Waals surface area contributed by atoms with E-state index in [1.54, 1.807) is 0 Å². The third-order valence-electron chi connectivity index (χ3n) is 3.20. The lowest BCUT2D eigenvalue weighted by molar-refractivity contribution is -0.126. The van der Waals surface area contributed by atoms with Crippen LogP contribution in [-0.2, 0) is 4.79 Å². The Labute approximate surface area is 81.1 Å². The number of rotatable bonds is 3. The number of nitrogens with one attached hydrogen (secondary N) is 1. The van der Waals surface area contributed by atoms with Gasteiger partial charge < -0.3 is 5.32 Å². The van der Waals surface area contributed by atoms with E-state index < -0.39 is 0 Å². The van der Waals surface area contributed by atoms with Crippen molar-refractivity contribution in [3.8, 4) is 0 Å². The second-order valence-electron chi connectivity index (χ2n) is 3.97. The van der Waals surface area contributed by atoms with E-state index in [9.17, 15) is 4.79 Å². The summed E-state index contributed by atoms with van der Waals surface area (Å²) in [7, 11) is 0. The van der Waals surface area contributed by atoms with E-state index in [-0.39, 0.29) is 5.92 Å². The third kappa shape index (κ3) is 2.71. The van der Waals surface area contributed by atoms with Crippen LogP contribution >= 0.6 is 0 Å². The van der Waals surface area contributed by atoms with E-state index in [1.165, 1.54) is 6.42 Å². The summed E-state index contributed by atoms with van der Waals surface area (Å²) in [6.07, 6.45) is 5.73. The van der Waals surface area contributed by atoms with Crippen LogP contribution in [0.5, 0.6) is 0 Å². The van der Waals surface area contributed by atoms with Crippen LogP contribution < -0.4 is 5.32 Å². The van der Waals surface area contributed by atoms with Gasteiger partial charge in [-0.2, -0.15) is 0 Å². The first-order valence-corrected chi connectivity index (χ1v) is 5.57. The van der Waals surface area contributed by atoms with Crippen LogP contribution in [0.1, 0.15) is 46.0 Å². The summed E-state index contributed by atoms with van der Waals surface area (Å²) in [5.41, 5.74) is 0. The molecule has 1 unspecified atom stereocenters. The maximum absolute atomic E-state index is 11.7. The Morgan fingerprint density at radius 2 is 2.08 bits per heavy atom. The van der Waals surface area contributed by atoms with Crippen LogP contribution in [0.2, 0.25) is 0 Å². The molecule has 0 radical (unpaired) electrons. The molecule has 0 bridgehead atoms. The SMILES string of the molecule is CCC(CC)C1CCCCNC1=O. The number of hydrogen-bond acceptors (Lipinski definition) is 1. The van der Waals surface area contributed by atoms with Crippen molar-refractivity contribution in [2.24, 2.45) is 11.8 Å². The minimum Gasteiger partial charge on any atom is -0.356 e. The van der Waals surface area contributed by atoms with Crippen molar-refractivity contribution in [3.05, 3.63) is 0 Å². The first-order valence-electron chi connectivity index (χ1n) is 5.57. The van der Waals surface area contributed by atoms with E-state index in [4.69, 9.17) is 0 Å². The zero-order chi connectivity index (χ0) is 9.68. The van der Waals surface area contributed by atoms with Crippen molar-refractivity contribution in [1.29, 1.82) is 0 Å². The molecule has 1 rings (SSSR count). The Hall–Kier alpha value is -0.530. The van der Waals surface area contributed by atoms with Gasteiger partial charge in [-0.05, 0) is 18.8 Å². The van der Waals surface area contributed by atoms with Gasteiger partial charge in [0.1, 0.15) is 0 Å². The highest BCUT2D eigenvalue weighted by atomic mass is 16.1. The van der Waals surface area contributed by atoms with Crippen molar-refractivity contribution in [3.63, 3.8) is 0 Å². The summed E-state index contributed by atoms with van der Waals surface area (Å²) >= 11 is 0. The highest BCUT2D eigenvalue weighted by Gasteiger charge is 2.26. The molecular weight excluding hydrogens is 162 g/mol. The molecule has 0 aromatic heterocycles. The van der Waals surface area contributed by atoms with Crippen molar-refractivity contribution in [1.82, 2.24) is 5.32 Å². The van der Waals surface area contributed by atoms with Crippen molar-refractivity contribution < 1.29 is 4.79 Å². The van der Waals surface area contributed by atoms with Gasteiger partial charge in [0.2, 0.25) is 5.91 Å². The number of carbonyl (C=O) groups excluding carboxylic acids is 1. The number of hydrogen-bond donors (Lipinski definition) is 1. The lowest BCUT2D eigenvalue weighted by Crippen LogP contribution is -2.33. The fourth-order valence-electron chi connectivity index (χ4n) is 2.27.